The predicted molar refractivity (Wildman–Crippen MR) is 82.3 cm³/mol. The van der Waals surface area contributed by atoms with Crippen molar-refractivity contribution in [3.63, 3.8) is 0 Å². The van der Waals surface area contributed by atoms with Gasteiger partial charge < -0.3 is 10.1 Å². The van der Waals surface area contributed by atoms with Gasteiger partial charge in [0.2, 0.25) is 0 Å². The number of nitrogens with zero attached hydrogens (tertiary/aromatic N) is 1. The van der Waals surface area contributed by atoms with Gasteiger partial charge in [-0.2, -0.15) is 0 Å². The summed E-state index contributed by atoms with van der Waals surface area (Å²) < 4.78 is 5.06. The first-order chi connectivity index (χ1) is 10.5. The summed E-state index contributed by atoms with van der Waals surface area (Å²) in [5.41, 5.74) is 0.927. The van der Waals surface area contributed by atoms with Crippen LogP contribution in [0.2, 0.25) is 5.02 Å². The summed E-state index contributed by atoms with van der Waals surface area (Å²) in [5.74, 6) is 0.400. The van der Waals surface area contributed by atoms with Crippen molar-refractivity contribution < 1.29 is 14.5 Å². The second kappa shape index (κ2) is 7.42. The predicted octanol–water partition coefficient (Wildman–Crippen LogP) is 3.58. The molecule has 2 rings (SSSR count). The first-order valence-corrected chi connectivity index (χ1v) is 6.87. The molecule has 22 heavy (non-hydrogen) atoms. The highest BCUT2D eigenvalue weighted by Gasteiger charge is 2.06. The Hall–Kier alpha value is -2.60. The Kier molecular flexibility index (Phi) is 5.32. The van der Waals surface area contributed by atoms with Gasteiger partial charge in [-0.25, -0.2) is 4.79 Å². The fourth-order valence-corrected chi connectivity index (χ4v) is 1.86. The van der Waals surface area contributed by atoms with Crippen molar-refractivity contribution in [1.82, 2.24) is 5.32 Å². The number of amides is 1. The van der Waals surface area contributed by atoms with Crippen LogP contribution in [0.4, 0.5) is 10.5 Å². The first-order valence-electron chi connectivity index (χ1n) is 6.49. The van der Waals surface area contributed by atoms with Crippen molar-refractivity contribution in [2.75, 3.05) is 6.54 Å². The van der Waals surface area contributed by atoms with Crippen molar-refractivity contribution in [1.29, 1.82) is 0 Å². The molecule has 0 fully saturated rings. The standard InChI is InChI=1S/C15H13ClN2O4/c16-12-3-7-14(8-4-12)22-15(19)17-10-9-11-1-5-13(6-2-11)18(20)21/h1-8H,9-10H2,(H,17,19). The number of ether oxygens (including phenoxy) is 1. The van der Waals surface area contributed by atoms with Crippen molar-refractivity contribution >= 4 is 23.4 Å². The van der Waals surface area contributed by atoms with Gasteiger partial charge in [-0.15, -0.1) is 0 Å². The Bertz CT molecular complexity index is 656. The van der Waals surface area contributed by atoms with E-state index in [1.807, 2.05) is 0 Å². The Morgan fingerprint density at radius 1 is 1.14 bits per heavy atom. The molecule has 0 aliphatic heterocycles. The molecule has 0 atom stereocenters. The molecule has 7 heteroatoms. The molecule has 0 bridgehead atoms. The van der Waals surface area contributed by atoms with Gasteiger partial charge in [0, 0.05) is 23.7 Å². The normalized spacial score (nSPS) is 10.0. The second-order valence-corrected chi connectivity index (χ2v) is 4.88. The van der Waals surface area contributed by atoms with Crippen LogP contribution < -0.4 is 10.1 Å². The van der Waals surface area contributed by atoms with Crippen LogP contribution in [0, 0.1) is 10.1 Å². The summed E-state index contributed by atoms with van der Waals surface area (Å²) in [5, 5.41) is 13.7. The largest absolute Gasteiger partial charge is 0.412 e. The molecule has 114 valence electrons. The summed E-state index contributed by atoms with van der Waals surface area (Å²) in [4.78, 5) is 21.7. The number of carbonyl (C=O) groups excluding carboxylic acids is 1. The number of halogens is 1. The highest BCUT2D eigenvalue weighted by molar-refractivity contribution is 6.30. The molecule has 0 aliphatic rings. The maximum Gasteiger partial charge on any atom is 0.412 e. The molecule has 0 unspecified atom stereocenters. The van der Waals surface area contributed by atoms with Crippen molar-refractivity contribution in [2.45, 2.75) is 6.42 Å². The number of rotatable bonds is 5. The molecule has 0 aliphatic carbocycles. The number of hydrogen-bond donors (Lipinski definition) is 1. The van der Waals surface area contributed by atoms with E-state index in [-0.39, 0.29) is 5.69 Å². The van der Waals surface area contributed by atoms with Crippen molar-refractivity contribution in [3.8, 4) is 5.75 Å². The summed E-state index contributed by atoms with van der Waals surface area (Å²) >= 11 is 5.73. The quantitative estimate of drug-likeness (QED) is 0.674. The minimum Gasteiger partial charge on any atom is -0.410 e. The molecule has 2 aromatic carbocycles. The second-order valence-electron chi connectivity index (χ2n) is 4.44. The molecule has 0 saturated carbocycles. The molecule has 2 aromatic rings. The molecular formula is C15H13ClN2O4. The van der Waals surface area contributed by atoms with Gasteiger partial charge in [0.05, 0.1) is 4.92 Å². The van der Waals surface area contributed by atoms with Gasteiger partial charge in [-0.1, -0.05) is 23.7 Å². The SMILES string of the molecule is O=C(NCCc1ccc([N+](=O)[O-])cc1)Oc1ccc(Cl)cc1. The third-order valence-electron chi connectivity index (χ3n) is 2.85. The zero-order valence-electron chi connectivity index (χ0n) is 11.5. The lowest BCUT2D eigenvalue weighted by Gasteiger charge is -2.06. The summed E-state index contributed by atoms with van der Waals surface area (Å²) in [6.45, 7) is 0.365. The average molecular weight is 321 g/mol. The smallest absolute Gasteiger partial charge is 0.410 e. The van der Waals surface area contributed by atoms with E-state index >= 15 is 0 Å². The lowest BCUT2D eigenvalue weighted by Crippen LogP contribution is -2.28. The van der Waals surface area contributed by atoms with E-state index in [0.29, 0.717) is 23.7 Å². The molecule has 0 spiro atoms. The summed E-state index contributed by atoms with van der Waals surface area (Å²) in [6, 6.07) is 12.6. The van der Waals surface area contributed by atoms with Crippen LogP contribution in [0.1, 0.15) is 5.56 Å². The Labute approximate surface area is 131 Å². The number of non-ortho nitro benzene ring substituents is 1. The topological polar surface area (TPSA) is 81.5 Å². The Morgan fingerprint density at radius 3 is 2.36 bits per heavy atom. The van der Waals surface area contributed by atoms with E-state index in [2.05, 4.69) is 5.32 Å². The number of hydrogen-bond acceptors (Lipinski definition) is 4. The zero-order chi connectivity index (χ0) is 15.9. The van der Waals surface area contributed by atoms with Gasteiger partial charge in [0.25, 0.3) is 5.69 Å². The Balaban J connectivity index is 1.77. The van der Waals surface area contributed by atoms with Crippen LogP contribution in [0.15, 0.2) is 48.5 Å². The van der Waals surface area contributed by atoms with Crippen molar-refractivity contribution in [2.24, 2.45) is 0 Å². The first kappa shape index (κ1) is 15.8. The van der Waals surface area contributed by atoms with Crippen LogP contribution in [0.3, 0.4) is 0 Å². The molecule has 6 nitrogen and oxygen atoms in total. The fourth-order valence-electron chi connectivity index (χ4n) is 1.74. The summed E-state index contributed by atoms with van der Waals surface area (Å²) in [6.07, 6.45) is -0.0162. The minimum absolute atomic E-state index is 0.0406. The number of nitrogens with one attached hydrogen (secondary N) is 1. The zero-order valence-corrected chi connectivity index (χ0v) is 12.2. The van der Waals surface area contributed by atoms with Crippen LogP contribution in [-0.2, 0) is 6.42 Å². The van der Waals surface area contributed by atoms with Gasteiger partial charge in [0.1, 0.15) is 5.75 Å². The molecule has 1 amide bonds. The van der Waals surface area contributed by atoms with Gasteiger partial charge in [0.15, 0.2) is 0 Å². The minimum atomic E-state index is -0.566. The summed E-state index contributed by atoms with van der Waals surface area (Å²) in [7, 11) is 0. The Morgan fingerprint density at radius 2 is 1.77 bits per heavy atom. The van der Waals surface area contributed by atoms with E-state index in [4.69, 9.17) is 16.3 Å². The average Bonchev–Trinajstić information content (AvgIpc) is 2.50. The maximum atomic E-state index is 11.6. The lowest BCUT2D eigenvalue weighted by atomic mass is 10.1. The highest BCUT2D eigenvalue weighted by Crippen LogP contribution is 2.15. The molecule has 0 saturated heterocycles. The van der Waals surface area contributed by atoms with E-state index in [1.165, 1.54) is 12.1 Å². The van der Waals surface area contributed by atoms with E-state index in [9.17, 15) is 14.9 Å². The van der Waals surface area contributed by atoms with Gasteiger partial charge in [-0.05, 0) is 36.2 Å². The monoisotopic (exact) mass is 320 g/mol. The number of nitro benzene ring substituents is 1. The van der Waals surface area contributed by atoms with Gasteiger partial charge in [-0.3, -0.25) is 10.1 Å². The molecule has 0 radical (unpaired) electrons. The van der Waals surface area contributed by atoms with Crippen LogP contribution in [-0.4, -0.2) is 17.6 Å². The lowest BCUT2D eigenvalue weighted by molar-refractivity contribution is -0.384. The highest BCUT2D eigenvalue weighted by atomic mass is 35.5. The maximum absolute atomic E-state index is 11.6. The number of benzene rings is 2. The molecule has 0 aromatic heterocycles. The molecular weight excluding hydrogens is 308 g/mol. The van der Waals surface area contributed by atoms with E-state index in [0.717, 1.165) is 5.56 Å². The van der Waals surface area contributed by atoms with Crippen LogP contribution in [0.5, 0.6) is 5.75 Å². The molecule has 1 N–H and O–H groups in total. The third kappa shape index (κ3) is 4.75. The van der Waals surface area contributed by atoms with Gasteiger partial charge >= 0.3 is 6.09 Å². The van der Waals surface area contributed by atoms with E-state index in [1.54, 1.807) is 36.4 Å². The number of carbonyl (C=O) groups is 1. The van der Waals surface area contributed by atoms with E-state index < -0.39 is 11.0 Å². The van der Waals surface area contributed by atoms with Crippen LogP contribution >= 0.6 is 11.6 Å². The fraction of sp³-hybridized carbons (Fsp3) is 0.133. The third-order valence-corrected chi connectivity index (χ3v) is 3.11. The molecule has 0 heterocycles. The van der Waals surface area contributed by atoms with Crippen LogP contribution in [0.25, 0.3) is 0 Å². The number of nitro groups is 1. The van der Waals surface area contributed by atoms with Crippen molar-refractivity contribution in [3.05, 3.63) is 69.2 Å².